The summed E-state index contributed by atoms with van der Waals surface area (Å²) in [5.41, 5.74) is 9.61. The van der Waals surface area contributed by atoms with Gasteiger partial charge in [0.15, 0.2) is 0 Å². The van der Waals surface area contributed by atoms with Crippen LogP contribution in [0, 0.1) is 13.8 Å². The second-order valence-electron chi connectivity index (χ2n) is 13.8. The summed E-state index contributed by atoms with van der Waals surface area (Å²) in [4.78, 5) is 11.4. The van der Waals surface area contributed by atoms with Gasteiger partial charge in [-0.15, -0.1) is 0 Å². The summed E-state index contributed by atoms with van der Waals surface area (Å²) in [5, 5.41) is 15.1. The van der Waals surface area contributed by atoms with Crippen molar-refractivity contribution in [2.24, 2.45) is 0 Å². The summed E-state index contributed by atoms with van der Waals surface area (Å²) in [6.45, 7) is 3.86. The standard InChI is InChI=1S/C45H42ClN3O5S/c1-30-43(31(2)54-48-30)38-18-10-9-17-36(38)29-55(52,53)47-27-26-42-39(19-11-12-32-20-22-35(23-21-32)45(50)51)40-28-37(46)24-25-41(40)49(42)44(33-13-5-3-6-14-33)34-15-7-4-8-16-34/h3-10,13-18,20-25,28,44,47H,11-12,19,26-27,29H2,1-2H3,(H,50,51). The van der Waals surface area contributed by atoms with Crippen molar-refractivity contribution >= 4 is 38.5 Å². The maximum atomic E-state index is 13.8. The number of nitrogens with one attached hydrogen (secondary N) is 1. The first-order valence-electron chi connectivity index (χ1n) is 18.3. The van der Waals surface area contributed by atoms with Crippen molar-refractivity contribution in [3.63, 3.8) is 0 Å². The summed E-state index contributed by atoms with van der Waals surface area (Å²) in [5.74, 6) is -0.511. The molecule has 0 radical (unpaired) electrons. The van der Waals surface area contributed by atoms with Gasteiger partial charge in [-0.05, 0) is 96.8 Å². The highest BCUT2D eigenvalue weighted by Gasteiger charge is 2.26. The zero-order valence-corrected chi connectivity index (χ0v) is 32.3. The maximum absolute atomic E-state index is 13.8. The van der Waals surface area contributed by atoms with Crippen LogP contribution in [0.25, 0.3) is 22.0 Å². The van der Waals surface area contributed by atoms with Gasteiger partial charge in [-0.2, -0.15) is 0 Å². The Bertz CT molecular complexity index is 2490. The number of fused-ring (bicyclic) bond motifs is 1. The number of aromatic carboxylic acids is 1. The van der Waals surface area contributed by atoms with Crippen LogP contribution in [0.2, 0.25) is 5.02 Å². The van der Waals surface area contributed by atoms with E-state index in [1.165, 1.54) is 0 Å². The second-order valence-corrected chi connectivity index (χ2v) is 16.0. The third-order valence-corrected chi connectivity index (χ3v) is 11.7. The minimum absolute atomic E-state index is 0.180. The molecule has 0 saturated carbocycles. The highest BCUT2D eigenvalue weighted by Crippen LogP contribution is 2.38. The smallest absolute Gasteiger partial charge is 0.335 e. The largest absolute Gasteiger partial charge is 0.478 e. The summed E-state index contributed by atoms with van der Waals surface area (Å²) in [7, 11) is -3.77. The van der Waals surface area contributed by atoms with E-state index in [0.29, 0.717) is 34.9 Å². The Morgan fingerprint density at radius 1 is 0.836 bits per heavy atom. The molecule has 280 valence electrons. The Labute approximate surface area is 326 Å². The number of rotatable bonds is 15. The molecule has 0 fully saturated rings. The first-order chi connectivity index (χ1) is 26.6. The number of aryl methyl sites for hydroxylation is 4. The quantitative estimate of drug-likeness (QED) is 0.107. The Kier molecular flexibility index (Phi) is 11.3. The Hall–Kier alpha value is -5.48. The van der Waals surface area contributed by atoms with Gasteiger partial charge < -0.3 is 14.2 Å². The molecule has 8 nitrogen and oxygen atoms in total. The van der Waals surface area contributed by atoms with Crippen LogP contribution >= 0.6 is 11.6 Å². The molecular weight excluding hydrogens is 730 g/mol. The number of carbonyl (C=O) groups is 1. The Balaban J connectivity index is 1.26. The number of benzene rings is 5. The number of sulfonamides is 1. The lowest BCUT2D eigenvalue weighted by Crippen LogP contribution is -2.28. The fraction of sp³-hybridized carbons (Fsp3) is 0.200. The zero-order chi connectivity index (χ0) is 38.5. The van der Waals surface area contributed by atoms with Crippen molar-refractivity contribution in [1.29, 1.82) is 0 Å². The van der Waals surface area contributed by atoms with Crippen molar-refractivity contribution in [3.8, 4) is 11.1 Å². The monoisotopic (exact) mass is 771 g/mol. The van der Waals surface area contributed by atoms with E-state index >= 15 is 0 Å². The lowest BCUT2D eigenvalue weighted by atomic mass is 9.97. The van der Waals surface area contributed by atoms with Crippen LogP contribution in [0.3, 0.4) is 0 Å². The number of carboxylic acids is 1. The van der Waals surface area contributed by atoms with Crippen LogP contribution in [-0.4, -0.2) is 35.8 Å². The Morgan fingerprint density at radius 2 is 1.49 bits per heavy atom. The van der Waals surface area contributed by atoms with Gasteiger partial charge >= 0.3 is 5.97 Å². The molecule has 0 aliphatic heterocycles. The maximum Gasteiger partial charge on any atom is 0.335 e. The van der Waals surface area contributed by atoms with Crippen molar-refractivity contribution in [2.45, 2.75) is 51.3 Å². The molecule has 0 aliphatic rings. The summed E-state index contributed by atoms with van der Waals surface area (Å²) in [6.07, 6.45) is 2.66. The van der Waals surface area contributed by atoms with E-state index < -0.39 is 16.0 Å². The van der Waals surface area contributed by atoms with Crippen molar-refractivity contribution in [2.75, 3.05) is 6.54 Å². The summed E-state index contributed by atoms with van der Waals surface area (Å²) >= 11 is 6.69. The van der Waals surface area contributed by atoms with E-state index in [-0.39, 0.29) is 23.9 Å². The number of hydrogen-bond acceptors (Lipinski definition) is 5. The number of hydrogen-bond donors (Lipinski definition) is 2. The molecule has 0 spiro atoms. The highest BCUT2D eigenvalue weighted by atomic mass is 35.5. The topological polar surface area (TPSA) is 114 Å². The molecule has 0 unspecified atom stereocenters. The third kappa shape index (κ3) is 8.44. The average molecular weight is 772 g/mol. The van der Waals surface area contributed by atoms with E-state index in [9.17, 15) is 18.3 Å². The van der Waals surface area contributed by atoms with Crippen molar-refractivity contribution in [1.82, 2.24) is 14.4 Å². The second kappa shape index (κ2) is 16.5. The van der Waals surface area contributed by atoms with Gasteiger partial charge in [0.25, 0.3) is 0 Å². The molecule has 7 rings (SSSR count). The molecule has 5 aromatic carbocycles. The van der Waals surface area contributed by atoms with Gasteiger partial charge in [0, 0.05) is 40.1 Å². The molecule has 0 atom stereocenters. The van der Waals surface area contributed by atoms with Gasteiger partial charge in [-0.1, -0.05) is 114 Å². The summed E-state index contributed by atoms with van der Waals surface area (Å²) < 4.78 is 38.3. The van der Waals surface area contributed by atoms with Gasteiger partial charge in [-0.25, -0.2) is 17.9 Å². The SMILES string of the molecule is Cc1noc(C)c1-c1ccccc1CS(=O)(=O)NCCc1c(CCCc2ccc(C(=O)O)cc2)c2cc(Cl)ccc2n1C(c1ccccc1)c1ccccc1. The van der Waals surface area contributed by atoms with Gasteiger partial charge in [0.05, 0.1) is 23.1 Å². The predicted octanol–water partition coefficient (Wildman–Crippen LogP) is 9.74. The van der Waals surface area contributed by atoms with Crippen LogP contribution in [-0.2, 0) is 35.0 Å². The first-order valence-corrected chi connectivity index (χ1v) is 20.3. The van der Waals surface area contributed by atoms with Gasteiger partial charge in [0.2, 0.25) is 10.0 Å². The van der Waals surface area contributed by atoms with Gasteiger partial charge in [-0.3, -0.25) is 0 Å². The highest BCUT2D eigenvalue weighted by molar-refractivity contribution is 7.88. The van der Waals surface area contributed by atoms with E-state index in [0.717, 1.165) is 62.8 Å². The molecule has 2 heterocycles. The lowest BCUT2D eigenvalue weighted by molar-refractivity contribution is 0.0697. The van der Waals surface area contributed by atoms with Crippen LogP contribution in [0.15, 0.2) is 132 Å². The molecule has 55 heavy (non-hydrogen) atoms. The lowest BCUT2D eigenvalue weighted by Gasteiger charge is -2.25. The minimum atomic E-state index is -3.77. The van der Waals surface area contributed by atoms with E-state index in [1.54, 1.807) is 12.1 Å². The molecule has 0 saturated heterocycles. The van der Waals surface area contributed by atoms with Gasteiger partial charge in [0.1, 0.15) is 5.76 Å². The fourth-order valence-electron chi connectivity index (χ4n) is 7.63. The normalized spacial score (nSPS) is 11.8. The molecule has 10 heteroatoms. The Morgan fingerprint density at radius 3 is 2.13 bits per heavy atom. The van der Waals surface area contributed by atoms with E-state index in [4.69, 9.17) is 16.1 Å². The molecule has 7 aromatic rings. The predicted molar refractivity (Wildman–Crippen MR) is 218 cm³/mol. The van der Waals surface area contributed by atoms with Crippen LogP contribution in [0.4, 0.5) is 0 Å². The van der Waals surface area contributed by atoms with Crippen LogP contribution < -0.4 is 4.72 Å². The zero-order valence-electron chi connectivity index (χ0n) is 30.7. The van der Waals surface area contributed by atoms with E-state index in [1.807, 2.05) is 98.8 Å². The molecular formula is C45H42ClN3O5S. The molecule has 2 aromatic heterocycles. The molecule has 0 bridgehead atoms. The molecule has 0 amide bonds. The first kappa shape index (κ1) is 37.8. The van der Waals surface area contributed by atoms with E-state index in [2.05, 4.69) is 44.8 Å². The number of nitrogens with zero attached hydrogens (tertiary/aromatic N) is 2. The number of aromatic nitrogens is 2. The summed E-state index contributed by atoms with van der Waals surface area (Å²) in [6, 6.07) is 40.9. The fourth-order valence-corrected chi connectivity index (χ4v) is 8.98. The third-order valence-electron chi connectivity index (χ3n) is 10.1. The van der Waals surface area contributed by atoms with Crippen LogP contribution in [0.5, 0.6) is 0 Å². The molecule has 2 N–H and O–H groups in total. The minimum Gasteiger partial charge on any atom is -0.478 e. The average Bonchev–Trinajstić information content (AvgIpc) is 3.67. The molecule has 0 aliphatic carbocycles. The number of carboxylic acid groups (broad SMARTS) is 1. The number of halogens is 1. The van der Waals surface area contributed by atoms with Crippen molar-refractivity contribution in [3.05, 3.63) is 183 Å². The van der Waals surface area contributed by atoms with Crippen molar-refractivity contribution < 1.29 is 22.8 Å². The van der Waals surface area contributed by atoms with Crippen LogP contribution in [0.1, 0.15) is 67.8 Å².